The molecule has 0 radical (unpaired) electrons. The average molecular weight is 718 g/mol. The predicted molar refractivity (Wildman–Crippen MR) is 200 cm³/mol. The Morgan fingerprint density at radius 3 is 1.88 bits per heavy atom. The number of nitrogens with zero attached hydrogens (tertiary/aromatic N) is 4. The summed E-state index contributed by atoms with van der Waals surface area (Å²) < 4.78 is 32.1. The summed E-state index contributed by atoms with van der Waals surface area (Å²) >= 11 is 13.6. The van der Waals surface area contributed by atoms with Crippen molar-refractivity contribution in [1.82, 2.24) is 19.9 Å². The Labute approximate surface area is 299 Å². The topological polar surface area (TPSA) is 60.8 Å². The molecule has 260 valence electrons. The zero-order valence-electron chi connectivity index (χ0n) is 29.8. The molecule has 3 aromatic heterocycles. The first-order valence-electron chi connectivity index (χ1n) is 16.0. The maximum atomic E-state index is 12.9. The van der Waals surface area contributed by atoms with Gasteiger partial charge in [-0.3, -0.25) is 4.98 Å². The molecule has 0 aliphatic heterocycles. The van der Waals surface area contributed by atoms with Crippen molar-refractivity contribution in [2.75, 3.05) is 7.11 Å². The van der Waals surface area contributed by atoms with Crippen LogP contribution in [0.25, 0.3) is 10.2 Å². The number of aryl methyl sites for hydroxylation is 1. The molecule has 5 nitrogen and oxygen atoms in total. The Kier molecular flexibility index (Phi) is 16.3. The van der Waals surface area contributed by atoms with E-state index in [0.29, 0.717) is 28.5 Å². The second-order valence-corrected chi connectivity index (χ2v) is 14.5. The van der Waals surface area contributed by atoms with E-state index in [0.717, 1.165) is 29.0 Å². The van der Waals surface area contributed by atoms with E-state index in [-0.39, 0.29) is 11.5 Å². The van der Waals surface area contributed by atoms with Gasteiger partial charge in [0.15, 0.2) is 0 Å². The monoisotopic (exact) mass is 716 g/mol. The average Bonchev–Trinajstić information content (AvgIpc) is 3.46. The smallest absolute Gasteiger partial charge is 0.272 e. The first kappa shape index (κ1) is 41.0. The summed E-state index contributed by atoms with van der Waals surface area (Å²) in [7, 11) is 1.69. The Hall–Kier alpha value is -3.20. The van der Waals surface area contributed by atoms with Crippen LogP contribution in [0.4, 0.5) is 8.78 Å². The van der Waals surface area contributed by atoms with E-state index in [1.165, 1.54) is 33.1 Å². The third-order valence-corrected chi connectivity index (χ3v) is 8.86. The van der Waals surface area contributed by atoms with E-state index in [2.05, 4.69) is 80.5 Å². The second-order valence-electron chi connectivity index (χ2n) is 12.6. The van der Waals surface area contributed by atoms with Crippen molar-refractivity contribution >= 4 is 44.8 Å². The zero-order valence-corrected chi connectivity index (χ0v) is 32.1. The van der Waals surface area contributed by atoms with Gasteiger partial charge >= 0.3 is 0 Å². The number of fused-ring (bicyclic) bond motifs is 1. The highest BCUT2D eigenvalue weighted by atomic mass is 35.5. The lowest BCUT2D eigenvalue weighted by atomic mass is 10.0. The molecule has 3 heterocycles. The van der Waals surface area contributed by atoms with Crippen LogP contribution in [0.5, 0.6) is 5.75 Å². The van der Waals surface area contributed by atoms with Gasteiger partial charge in [-0.15, -0.1) is 11.3 Å². The van der Waals surface area contributed by atoms with Crippen molar-refractivity contribution in [2.45, 2.75) is 98.8 Å². The highest BCUT2D eigenvalue weighted by Gasteiger charge is 2.25. The number of thiazole rings is 1. The van der Waals surface area contributed by atoms with E-state index < -0.39 is 5.92 Å². The SMILES string of the molecule is CC(C)c1ncc(C(C)(F)F)cc1Cl.CC(C)c1ncccn1.COc1ccc2nc(C(C)C)sc2c1.Cc1ccc(C(C)C)c(Cl)c1. The fraction of sp³-hybridized carbons (Fsp3) is 0.421. The molecule has 0 N–H and O–H groups in total. The molecule has 2 aromatic carbocycles. The van der Waals surface area contributed by atoms with Crippen LogP contribution in [-0.4, -0.2) is 27.0 Å². The molecule has 0 unspecified atom stereocenters. The normalized spacial score (nSPS) is 11.1. The van der Waals surface area contributed by atoms with Gasteiger partial charge in [-0.1, -0.05) is 90.7 Å². The Morgan fingerprint density at radius 1 is 0.771 bits per heavy atom. The minimum absolute atomic E-state index is 0.141. The third-order valence-electron chi connectivity index (χ3n) is 6.91. The first-order chi connectivity index (χ1) is 22.4. The molecule has 0 amide bonds. The largest absolute Gasteiger partial charge is 0.497 e. The van der Waals surface area contributed by atoms with Crippen molar-refractivity contribution in [3.05, 3.63) is 110 Å². The van der Waals surface area contributed by atoms with Gasteiger partial charge in [0.25, 0.3) is 5.92 Å². The highest BCUT2D eigenvalue weighted by Crippen LogP contribution is 2.32. The van der Waals surface area contributed by atoms with Gasteiger partial charge in [-0.05, 0) is 66.3 Å². The zero-order chi connectivity index (χ0) is 36.2. The lowest BCUT2D eigenvalue weighted by Gasteiger charge is -2.13. The van der Waals surface area contributed by atoms with Gasteiger partial charge in [-0.25, -0.2) is 23.7 Å². The standard InChI is InChI=1S/C11H13NOS.C10H12ClF2N.C10H13Cl.C7H10N2/c1-7(2)11-12-9-5-4-8(13-3)6-10(9)14-11;1-6(2)9-8(11)4-7(5-14-9)10(3,12)13;1-7(2)9-5-4-8(3)6-10(9)11;1-6(2)7-8-4-3-5-9-7/h4-7H,1-3H3;4-6H,1-3H3;4-7H,1-3H3;3-6H,1-2H3. The van der Waals surface area contributed by atoms with Crippen LogP contribution < -0.4 is 4.74 Å². The summed E-state index contributed by atoms with van der Waals surface area (Å²) in [6.07, 6.45) is 4.71. The Morgan fingerprint density at radius 2 is 1.42 bits per heavy atom. The van der Waals surface area contributed by atoms with E-state index in [1.54, 1.807) is 30.8 Å². The molecular weight excluding hydrogens is 669 g/mol. The van der Waals surface area contributed by atoms with Gasteiger partial charge in [0, 0.05) is 47.9 Å². The Balaban J connectivity index is 0.000000226. The van der Waals surface area contributed by atoms with Crippen LogP contribution in [0.3, 0.4) is 0 Å². The number of hydrogen-bond acceptors (Lipinski definition) is 6. The molecule has 0 saturated carbocycles. The second kappa shape index (κ2) is 19.1. The molecule has 48 heavy (non-hydrogen) atoms. The van der Waals surface area contributed by atoms with Crippen molar-refractivity contribution in [3.63, 3.8) is 0 Å². The molecule has 5 aromatic rings. The maximum absolute atomic E-state index is 12.9. The van der Waals surface area contributed by atoms with Crippen LogP contribution in [0, 0.1) is 6.92 Å². The predicted octanol–water partition coefficient (Wildman–Crippen LogP) is 12.8. The van der Waals surface area contributed by atoms with Crippen LogP contribution in [0.2, 0.25) is 10.0 Å². The van der Waals surface area contributed by atoms with Crippen molar-refractivity contribution in [2.24, 2.45) is 0 Å². The minimum Gasteiger partial charge on any atom is -0.497 e. The first-order valence-corrected chi connectivity index (χ1v) is 17.5. The fourth-order valence-electron chi connectivity index (χ4n) is 4.12. The number of benzene rings is 2. The summed E-state index contributed by atoms with van der Waals surface area (Å²) in [5.74, 6) is 0.523. The van der Waals surface area contributed by atoms with Crippen molar-refractivity contribution in [1.29, 1.82) is 0 Å². The van der Waals surface area contributed by atoms with Crippen LogP contribution in [-0.2, 0) is 5.92 Å². The number of ether oxygens (including phenoxy) is 1. The van der Waals surface area contributed by atoms with Crippen molar-refractivity contribution in [3.8, 4) is 5.75 Å². The van der Waals surface area contributed by atoms with Gasteiger partial charge < -0.3 is 4.74 Å². The molecule has 0 aliphatic carbocycles. The fourth-order valence-corrected chi connectivity index (χ4v) is 5.96. The Bertz CT molecular complexity index is 1700. The lowest BCUT2D eigenvalue weighted by molar-refractivity contribution is 0.0171. The van der Waals surface area contributed by atoms with Crippen LogP contribution >= 0.6 is 34.5 Å². The number of aromatic nitrogens is 4. The number of halogens is 4. The van der Waals surface area contributed by atoms with Crippen LogP contribution in [0.15, 0.2) is 67.1 Å². The molecular formula is C38H48Cl2F2N4OS. The molecule has 10 heteroatoms. The molecule has 0 atom stereocenters. The minimum atomic E-state index is -2.88. The third kappa shape index (κ3) is 13.0. The summed E-state index contributed by atoms with van der Waals surface area (Å²) in [4.78, 5) is 16.6. The van der Waals surface area contributed by atoms with Gasteiger partial charge in [0.05, 0.1) is 33.1 Å². The summed E-state index contributed by atoms with van der Waals surface area (Å²) in [5, 5.41) is 2.38. The van der Waals surface area contributed by atoms with E-state index in [9.17, 15) is 8.78 Å². The van der Waals surface area contributed by atoms with E-state index in [1.807, 2.05) is 44.2 Å². The summed E-state index contributed by atoms with van der Waals surface area (Å²) in [6.45, 7) is 19.5. The van der Waals surface area contributed by atoms with Crippen LogP contribution in [0.1, 0.15) is 119 Å². The van der Waals surface area contributed by atoms with E-state index in [4.69, 9.17) is 27.9 Å². The molecule has 0 aliphatic rings. The van der Waals surface area contributed by atoms with Gasteiger partial charge in [0.2, 0.25) is 0 Å². The molecule has 0 bridgehead atoms. The van der Waals surface area contributed by atoms with Crippen molar-refractivity contribution < 1.29 is 13.5 Å². The molecule has 0 fully saturated rings. The molecule has 0 saturated heterocycles. The number of rotatable bonds is 6. The summed E-state index contributed by atoms with van der Waals surface area (Å²) in [6, 6.07) is 15.3. The number of methoxy groups -OCH3 is 1. The number of hydrogen-bond donors (Lipinski definition) is 0. The molecule has 5 rings (SSSR count). The lowest BCUT2D eigenvalue weighted by Crippen LogP contribution is -2.08. The maximum Gasteiger partial charge on any atom is 0.272 e. The van der Waals surface area contributed by atoms with Gasteiger partial charge in [-0.2, -0.15) is 0 Å². The quantitative estimate of drug-likeness (QED) is 0.175. The van der Waals surface area contributed by atoms with Gasteiger partial charge in [0.1, 0.15) is 11.6 Å². The van der Waals surface area contributed by atoms with E-state index >= 15 is 0 Å². The summed E-state index contributed by atoms with van der Waals surface area (Å²) in [5.41, 5.74) is 4.03. The highest BCUT2D eigenvalue weighted by molar-refractivity contribution is 7.18. The molecule has 0 spiro atoms. The number of pyridine rings is 1. The number of alkyl halides is 2.